The molecule has 0 aromatic heterocycles. The quantitative estimate of drug-likeness (QED) is 0.822. The maximum atomic E-state index is 13.3. The molecular formula is C20H24FN3O2S. The number of thioether (sulfide) groups is 1. The van der Waals surface area contributed by atoms with Gasteiger partial charge in [-0.05, 0) is 31.5 Å². The van der Waals surface area contributed by atoms with Crippen molar-refractivity contribution in [3.8, 4) is 0 Å². The molecule has 27 heavy (non-hydrogen) atoms. The van der Waals surface area contributed by atoms with Crippen molar-refractivity contribution in [3.05, 3.63) is 72.0 Å². The fraction of sp³-hybridized carbons (Fsp3) is 0.300. The molecule has 0 radical (unpaired) electrons. The molecule has 1 aliphatic rings. The first-order valence-corrected chi connectivity index (χ1v) is 9.56. The van der Waals surface area contributed by atoms with Crippen molar-refractivity contribution in [2.45, 2.75) is 18.2 Å². The number of carbonyl (C=O) groups is 1. The Hall–Kier alpha value is -2.22. The number of nitrogens with two attached hydrogens (primary N) is 1. The van der Waals surface area contributed by atoms with Crippen LogP contribution in [0.3, 0.4) is 0 Å². The lowest BCUT2D eigenvalue weighted by Crippen LogP contribution is -2.34. The van der Waals surface area contributed by atoms with E-state index in [0.717, 1.165) is 12.8 Å². The van der Waals surface area contributed by atoms with Crippen molar-refractivity contribution in [1.82, 2.24) is 5.01 Å². The average Bonchev–Trinajstić information content (AvgIpc) is 3.13. The third kappa shape index (κ3) is 6.78. The number of hydrazone groups is 1. The van der Waals surface area contributed by atoms with Gasteiger partial charge in [-0.15, -0.1) is 0 Å². The summed E-state index contributed by atoms with van der Waals surface area (Å²) < 4.78 is 18.2. The lowest BCUT2D eigenvalue weighted by Gasteiger charge is -2.19. The number of nitrogens with zero attached hydrogens (tertiary/aromatic N) is 2. The van der Waals surface area contributed by atoms with Crippen LogP contribution >= 0.6 is 11.8 Å². The Morgan fingerprint density at radius 1 is 1.22 bits per heavy atom. The van der Waals surface area contributed by atoms with E-state index in [1.54, 1.807) is 12.1 Å². The van der Waals surface area contributed by atoms with Crippen LogP contribution in [0.25, 0.3) is 0 Å². The number of amides is 1. The molecule has 0 saturated heterocycles. The molecule has 1 heterocycles. The smallest absolute Gasteiger partial charge is 0.269 e. The Labute approximate surface area is 163 Å². The van der Waals surface area contributed by atoms with Gasteiger partial charge in [-0.3, -0.25) is 4.79 Å². The molecule has 0 aliphatic carbocycles. The maximum absolute atomic E-state index is 13.3. The largest absolute Gasteiger partial charge is 0.375 e. The fourth-order valence-electron chi connectivity index (χ4n) is 2.38. The van der Waals surface area contributed by atoms with Gasteiger partial charge < -0.3 is 10.5 Å². The topological polar surface area (TPSA) is 67.9 Å². The summed E-state index contributed by atoms with van der Waals surface area (Å²) in [5.41, 5.74) is 6.20. The Bertz CT molecular complexity index is 716. The standard InChI is InChI=1S/C14H18FN3O2S.C6H6/c1-20-9-12(19)18-13(6-3-7-16)21-14(17-18)10-4-2-5-11(15)8-10;1-2-4-6-5-3-1/h2,4-5,8,13H,3,6-7,9,16H2,1H3;1-6H. The molecule has 2 aromatic carbocycles. The van der Waals surface area contributed by atoms with E-state index in [1.807, 2.05) is 36.4 Å². The van der Waals surface area contributed by atoms with Crippen LogP contribution in [0.4, 0.5) is 4.39 Å². The van der Waals surface area contributed by atoms with Crippen LogP contribution in [0, 0.1) is 5.82 Å². The number of hydrogen-bond acceptors (Lipinski definition) is 5. The number of rotatable bonds is 6. The fourth-order valence-corrected chi connectivity index (χ4v) is 3.58. The van der Waals surface area contributed by atoms with Gasteiger partial charge >= 0.3 is 0 Å². The highest BCUT2D eigenvalue weighted by Crippen LogP contribution is 2.32. The lowest BCUT2D eigenvalue weighted by atomic mass is 10.2. The summed E-state index contributed by atoms with van der Waals surface area (Å²) in [5, 5.41) is 6.27. The molecule has 1 aliphatic heterocycles. The summed E-state index contributed by atoms with van der Waals surface area (Å²) in [6.45, 7) is 0.526. The van der Waals surface area contributed by atoms with E-state index in [1.165, 1.54) is 36.0 Å². The van der Waals surface area contributed by atoms with Crippen molar-refractivity contribution in [2.24, 2.45) is 10.8 Å². The summed E-state index contributed by atoms with van der Waals surface area (Å²) >= 11 is 1.45. The molecule has 2 aromatic rings. The first kappa shape index (κ1) is 21.1. The zero-order valence-electron chi connectivity index (χ0n) is 15.3. The molecule has 2 N–H and O–H groups in total. The minimum atomic E-state index is -0.323. The Kier molecular flexibility index (Phi) is 8.97. The summed E-state index contributed by atoms with van der Waals surface area (Å²) in [6.07, 6.45) is 1.53. The molecule has 0 bridgehead atoms. The summed E-state index contributed by atoms with van der Waals surface area (Å²) in [4.78, 5) is 12.0. The van der Waals surface area contributed by atoms with Crippen LogP contribution in [-0.4, -0.2) is 41.6 Å². The van der Waals surface area contributed by atoms with Gasteiger partial charge in [0, 0.05) is 12.7 Å². The molecule has 7 heteroatoms. The molecule has 5 nitrogen and oxygen atoms in total. The predicted molar refractivity (Wildman–Crippen MR) is 108 cm³/mol. The zero-order chi connectivity index (χ0) is 19.5. The van der Waals surface area contributed by atoms with Gasteiger partial charge in [0.25, 0.3) is 5.91 Å². The zero-order valence-corrected chi connectivity index (χ0v) is 16.1. The minimum absolute atomic E-state index is 0.0282. The SMILES string of the molecule is COCC(=O)N1N=C(c2cccc(F)c2)SC1CCCN.c1ccccc1. The summed E-state index contributed by atoms with van der Waals surface area (Å²) in [6, 6.07) is 18.2. The second-order valence-electron chi connectivity index (χ2n) is 5.74. The van der Waals surface area contributed by atoms with Crippen LogP contribution < -0.4 is 5.73 Å². The number of halogens is 1. The van der Waals surface area contributed by atoms with Crippen molar-refractivity contribution in [3.63, 3.8) is 0 Å². The van der Waals surface area contributed by atoms with Gasteiger partial charge in [-0.25, -0.2) is 9.40 Å². The molecule has 1 atom stereocenters. The number of ether oxygens (including phenoxy) is 1. The van der Waals surface area contributed by atoms with Crippen LogP contribution in [-0.2, 0) is 9.53 Å². The van der Waals surface area contributed by atoms with Crippen LogP contribution in [0.15, 0.2) is 65.8 Å². The van der Waals surface area contributed by atoms with Gasteiger partial charge in [0.2, 0.25) is 0 Å². The van der Waals surface area contributed by atoms with Crippen LogP contribution in [0.2, 0.25) is 0 Å². The predicted octanol–water partition coefficient (Wildman–Crippen LogP) is 3.46. The Morgan fingerprint density at radius 2 is 1.89 bits per heavy atom. The van der Waals surface area contributed by atoms with E-state index in [-0.39, 0.29) is 23.7 Å². The number of hydrogen-bond donors (Lipinski definition) is 1. The molecule has 1 unspecified atom stereocenters. The molecular weight excluding hydrogens is 365 g/mol. The van der Waals surface area contributed by atoms with Crippen molar-refractivity contribution >= 4 is 22.7 Å². The highest BCUT2D eigenvalue weighted by molar-refractivity contribution is 8.15. The minimum Gasteiger partial charge on any atom is -0.375 e. The van der Waals surface area contributed by atoms with E-state index < -0.39 is 0 Å². The van der Waals surface area contributed by atoms with E-state index in [4.69, 9.17) is 10.5 Å². The van der Waals surface area contributed by atoms with Gasteiger partial charge in [0.1, 0.15) is 22.8 Å². The van der Waals surface area contributed by atoms with Crippen molar-refractivity contribution < 1.29 is 13.9 Å². The monoisotopic (exact) mass is 389 g/mol. The average molecular weight is 389 g/mol. The molecule has 0 fully saturated rings. The van der Waals surface area contributed by atoms with E-state index in [9.17, 15) is 9.18 Å². The summed E-state index contributed by atoms with van der Waals surface area (Å²) in [7, 11) is 1.47. The van der Waals surface area contributed by atoms with Crippen LogP contribution in [0.5, 0.6) is 0 Å². The Morgan fingerprint density at radius 3 is 2.44 bits per heavy atom. The number of benzene rings is 2. The normalized spacial score (nSPS) is 15.7. The molecule has 144 valence electrons. The Balaban J connectivity index is 0.000000369. The molecule has 0 spiro atoms. The second kappa shape index (κ2) is 11.5. The summed E-state index contributed by atoms with van der Waals surface area (Å²) in [5.74, 6) is -0.533. The van der Waals surface area contributed by atoms with E-state index in [2.05, 4.69) is 5.10 Å². The maximum Gasteiger partial charge on any atom is 0.269 e. The third-order valence-corrected chi connectivity index (χ3v) is 4.88. The molecule has 3 rings (SSSR count). The first-order valence-electron chi connectivity index (χ1n) is 8.68. The lowest BCUT2D eigenvalue weighted by molar-refractivity contribution is -0.135. The van der Waals surface area contributed by atoms with Crippen LogP contribution in [0.1, 0.15) is 18.4 Å². The number of methoxy groups -OCH3 is 1. The molecule has 1 amide bonds. The van der Waals surface area contributed by atoms with E-state index >= 15 is 0 Å². The van der Waals surface area contributed by atoms with Gasteiger partial charge in [0.15, 0.2) is 0 Å². The second-order valence-corrected chi connectivity index (χ2v) is 6.91. The van der Waals surface area contributed by atoms with Gasteiger partial charge in [-0.2, -0.15) is 5.10 Å². The highest BCUT2D eigenvalue weighted by Gasteiger charge is 2.32. The van der Waals surface area contributed by atoms with Crippen molar-refractivity contribution in [1.29, 1.82) is 0 Å². The highest BCUT2D eigenvalue weighted by atomic mass is 32.2. The first-order chi connectivity index (χ1) is 13.2. The number of carbonyl (C=O) groups excluding carboxylic acids is 1. The van der Waals surface area contributed by atoms with Crippen molar-refractivity contribution in [2.75, 3.05) is 20.3 Å². The third-order valence-electron chi connectivity index (χ3n) is 3.64. The van der Waals surface area contributed by atoms with Gasteiger partial charge in [-0.1, -0.05) is 60.3 Å². The van der Waals surface area contributed by atoms with Gasteiger partial charge in [0.05, 0.1) is 0 Å². The van der Waals surface area contributed by atoms with E-state index in [0.29, 0.717) is 17.2 Å². The molecule has 0 saturated carbocycles.